The number of fused-ring (bicyclic) bond motifs is 14. The number of halogens is 1. The molecule has 12 rings (SSSR count). The smallest absolute Gasteiger partial charge is 0.317 e. The number of benzene rings is 2. The van der Waals surface area contributed by atoms with Gasteiger partial charge in [0.1, 0.15) is 11.6 Å². The molecule has 1 N–H and O–H groups in total. The van der Waals surface area contributed by atoms with Crippen LogP contribution in [0.4, 0.5) is 0 Å². The first-order valence-corrected chi connectivity index (χ1v) is 35.1. The first-order chi connectivity index (χ1) is 41.7. The number of phenolic OH excluding ortho intramolecular Hbond substituents is 1. The monoisotopic (exact) mass is 1240 g/mol. The molecule has 10 aliphatic rings. The fraction of sp³-hybridized carbons (Fsp3) is 0.700. The predicted molar refractivity (Wildman–Crippen MR) is 360 cm³/mol. The number of allylic oxidation sites excluding steroid dienone is 4. The third kappa shape index (κ3) is 10.2. The molecule has 0 heterocycles. The Kier molecular flexibility index (Phi) is 18.1. The van der Waals surface area contributed by atoms with Gasteiger partial charge in [0, 0.05) is 29.1 Å². The summed E-state index contributed by atoms with van der Waals surface area (Å²) in [7, 11) is 3.18. The number of phenols is 1. The lowest BCUT2D eigenvalue weighted by Gasteiger charge is -2.72. The van der Waals surface area contributed by atoms with Crippen molar-refractivity contribution in [2.24, 2.45) is 113 Å². The molecule has 0 aromatic heterocycles. The van der Waals surface area contributed by atoms with Gasteiger partial charge in [-0.05, 0) is 281 Å². The number of hydrogen-bond donors (Lipinski definition) is 1. The average molecular weight is 1240 g/mol. The minimum absolute atomic E-state index is 0.0708. The Labute approximate surface area is 542 Å². The highest BCUT2D eigenvalue weighted by atomic mass is 35.5. The Morgan fingerprint density at radius 1 is 0.528 bits per heavy atom. The summed E-state index contributed by atoms with van der Waals surface area (Å²) >= 11 is 6.42. The number of Topliss-reactive ketones (excluding diaryl/α,β-unsaturated/α-hetero) is 2. The van der Waals surface area contributed by atoms with Crippen molar-refractivity contribution in [1.82, 2.24) is 0 Å². The fourth-order valence-corrected chi connectivity index (χ4v) is 25.2. The normalized spacial score (nSPS) is 41.7. The maximum absolute atomic E-state index is 14.5. The number of rotatable bonds is 11. The third-order valence-electron chi connectivity index (χ3n) is 29.9. The molecule has 10 fully saturated rings. The summed E-state index contributed by atoms with van der Waals surface area (Å²) < 4.78 is 17.0. The molecule has 0 bridgehead atoms. The Morgan fingerprint density at radius 2 is 0.955 bits per heavy atom. The molecule has 0 radical (unpaired) electrons. The van der Waals surface area contributed by atoms with Crippen LogP contribution in [-0.2, 0) is 32.0 Å². The van der Waals surface area contributed by atoms with Crippen LogP contribution >= 0.6 is 11.6 Å². The number of aromatic hydroxyl groups is 1. The fourth-order valence-electron chi connectivity index (χ4n) is 24.9. The van der Waals surface area contributed by atoms with Gasteiger partial charge in [0.2, 0.25) is 5.24 Å². The van der Waals surface area contributed by atoms with Crippen molar-refractivity contribution in [2.45, 2.75) is 224 Å². The van der Waals surface area contributed by atoms with E-state index in [2.05, 4.69) is 109 Å². The maximum Gasteiger partial charge on any atom is 0.317 e. The van der Waals surface area contributed by atoms with E-state index >= 15 is 0 Å². The van der Waals surface area contributed by atoms with Gasteiger partial charge in [0.05, 0.1) is 19.6 Å². The molecule has 0 amide bonds. The lowest BCUT2D eigenvalue weighted by atomic mass is 9.32. The molecular formula is C80H113ClO8. The van der Waals surface area contributed by atoms with Gasteiger partial charge in [-0.2, -0.15) is 0 Å². The standard InChI is InChI=1S/C40H56O4.C30H45ClO2.C10H12O2/c1-10-11-26-12-14-29(30(24-26)43-9)44-35(42)40-21-16-27(25(2)3)34(40)28-13-15-32-37(6)19-18-33(41)36(4,5)31(37)17-20-39(32,8)38(28,7)22-23-40;1-18(2)19-10-15-30(25(31)33)17-16-28(6)20(24(19)30)8-9-22-27(5)13-12-23(32)26(3,4)21(27)11-14-29(22,28)7;1-3-4-8-5-6-9(11)10(7-8)12-2/h10,12,14,24,27-28,31-32,34H,1-2,11,13,15-23H2,3-9H3;19-22,24H,1,8-17H2,2-7H3;3,5-7,11H,1,4H2,2H3/t27-,28?,31?,32?,34?,37-,38+,39+,40-;19-,20?,21?,22?,24?,27-,28+,29+,30-;/m00./s1. The number of carbonyl (C=O) groups excluding carboxylic acids is 4. The van der Waals surface area contributed by atoms with Gasteiger partial charge in [-0.25, -0.2) is 0 Å². The largest absolute Gasteiger partial charge is 0.504 e. The van der Waals surface area contributed by atoms with E-state index in [4.69, 9.17) is 25.8 Å². The van der Waals surface area contributed by atoms with Crippen molar-refractivity contribution in [3.05, 3.63) is 97.1 Å². The zero-order chi connectivity index (χ0) is 65.0. The van der Waals surface area contributed by atoms with Gasteiger partial charge in [-0.3, -0.25) is 19.2 Å². The number of ether oxygens (including phenoxy) is 3. The molecule has 488 valence electrons. The number of esters is 1. The molecule has 8 nitrogen and oxygen atoms in total. The maximum atomic E-state index is 14.5. The first kappa shape index (κ1) is 67.5. The van der Waals surface area contributed by atoms with Crippen LogP contribution in [0.25, 0.3) is 0 Å². The molecule has 18 atom stereocenters. The molecule has 9 heteroatoms. The SMILES string of the molecule is C=C(C)[C@@H]1CC[C@]2(C(=O)Cl)CC[C@]3(C)C(CCC4[C@@]5(C)CCC(=O)C(C)(C)C5CC[C@]43C)C12.C=CCc1ccc(O)c(OC)c1.C=CCc1ccc(OC(=O)[C@]23CC[C@@H](C(=C)C)C2C2CCC4[C@@]5(C)CCC(=O)C(C)(C)C5CC[C@@]4(C)[C@]2(C)CC3)c(OC)c1. The summed E-state index contributed by atoms with van der Waals surface area (Å²) in [6, 6.07) is 11.1. The first-order valence-electron chi connectivity index (χ1n) is 34.8. The summed E-state index contributed by atoms with van der Waals surface area (Å²) in [6.07, 6.45) is 26.1. The van der Waals surface area contributed by atoms with E-state index in [0.717, 1.165) is 114 Å². The number of ketones is 2. The molecule has 8 unspecified atom stereocenters. The molecule has 89 heavy (non-hydrogen) atoms. The second kappa shape index (κ2) is 23.8. The van der Waals surface area contributed by atoms with Gasteiger partial charge in [-0.1, -0.05) is 118 Å². The molecule has 2 aromatic rings. The van der Waals surface area contributed by atoms with Crippen LogP contribution in [0.3, 0.4) is 0 Å². The third-order valence-corrected chi connectivity index (χ3v) is 30.2. The summed E-state index contributed by atoms with van der Waals surface area (Å²) in [5, 5.41) is 9.18. The van der Waals surface area contributed by atoms with Crippen LogP contribution in [0.5, 0.6) is 23.0 Å². The second-order valence-corrected chi connectivity index (χ2v) is 34.0. The van der Waals surface area contributed by atoms with E-state index in [1.807, 2.05) is 36.4 Å². The van der Waals surface area contributed by atoms with E-state index in [1.165, 1.54) is 56.8 Å². The minimum Gasteiger partial charge on any atom is -0.504 e. The summed E-state index contributed by atoms with van der Waals surface area (Å²) in [6.45, 7) is 45.1. The number of carbonyl (C=O) groups is 4. The van der Waals surface area contributed by atoms with Crippen molar-refractivity contribution in [2.75, 3.05) is 14.2 Å². The van der Waals surface area contributed by atoms with Crippen molar-refractivity contribution in [1.29, 1.82) is 0 Å². The lowest BCUT2D eigenvalue weighted by Crippen LogP contribution is -2.66. The van der Waals surface area contributed by atoms with Crippen LogP contribution < -0.4 is 14.2 Å². The highest BCUT2D eigenvalue weighted by Crippen LogP contribution is 2.80. The lowest BCUT2D eigenvalue weighted by molar-refractivity contribution is -0.234. The van der Waals surface area contributed by atoms with Crippen LogP contribution in [0.1, 0.15) is 223 Å². The predicted octanol–water partition coefficient (Wildman–Crippen LogP) is 19.7. The van der Waals surface area contributed by atoms with Crippen LogP contribution in [0, 0.1) is 113 Å². The molecule has 0 spiro atoms. The van der Waals surface area contributed by atoms with E-state index in [9.17, 15) is 24.3 Å². The van der Waals surface area contributed by atoms with Crippen molar-refractivity contribution in [3.8, 4) is 23.0 Å². The number of methoxy groups -OCH3 is 2. The molecule has 0 aliphatic heterocycles. The highest BCUT2D eigenvalue weighted by Gasteiger charge is 2.74. The Morgan fingerprint density at radius 3 is 1.39 bits per heavy atom. The molecule has 0 saturated heterocycles. The molecule has 10 aliphatic carbocycles. The Bertz CT molecular complexity index is 3150. The Balaban J connectivity index is 0.000000170. The van der Waals surface area contributed by atoms with Gasteiger partial charge in [-0.15, -0.1) is 13.2 Å². The van der Waals surface area contributed by atoms with E-state index in [0.29, 0.717) is 82.1 Å². The van der Waals surface area contributed by atoms with Gasteiger partial charge >= 0.3 is 5.97 Å². The van der Waals surface area contributed by atoms with E-state index in [1.54, 1.807) is 19.2 Å². The Hall–Kier alpha value is -4.43. The highest BCUT2D eigenvalue weighted by molar-refractivity contribution is 6.64. The second-order valence-electron chi connectivity index (χ2n) is 33.6. The molecule has 2 aromatic carbocycles. The average Bonchev–Trinajstić information content (AvgIpc) is 1.56. The zero-order valence-corrected chi connectivity index (χ0v) is 58.2. The van der Waals surface area contributed by atoms with Crippen LogP contribution in [0.15, 0.2) is 86.0 Å². The van der Waals surface area contributed by atoms with Crippen molar-refractivity contribution >= 4 is 34.4 Å². The van der Waals surface area contributed by atoms with Gasteiger partial charge in [0.15, 0.2) is 23.0 Å². The summed E-state index contributed by atoms with van der Waals surface area (Å²) in [5.74, 6) is 7.22. The van der Waals surface area contributed by atoms with Gasteiger partial charge in [0.25, 0.3) is 0 Å². The van der Waals surface area contributed by atoms with E-state index < -0.39 is 5.41 Å². The number of hydrogen-bond acceptors (Lipinski definition) is 8. The topological polar surface area (TPSA) is 116 Å². The van der Waals surface area contributed by atoms with Crippen LogP contribution in [-0.4, -0.2) is 42.1 Å². The quantitative estimate of drug-likeness (QED) is 0.102. The van der Waals surface area contributed by atoms with Crippen LogP contribution in [0.2, 0.25) is 0 Å². The summed E-state index contributed by atoms with van der Waals surface area (Å²) in [5.41, 5.74) is 4.57. The summed E-state index contributed by atoms with van der Waals surface area (Å²) in [4.78, 5) is 53.5. The zero-order valence-electron chi connectivity index (χ0n) is 57.5. The van der Waals surface area contributed by atoms with Crippen molar-refractivity contribution in [3.63, 3.8) is 0 Å². The van der Waals surface area contributed by atoms with Crippen molar-refractivity contribution < 1.29 is 38.5 Å². The van der Waals surface area contributed by atoms with Gasteiger partial charge < -0.3 is 19.3 Å². The molecule has 10 saturated carbocycles. The molecular weight excluding hydrogens is 1120 g/mol. The van der Waals surface area contributed by atoms with E-state index in [-0.39, 0.29) is 71.6 Å². The minimum atomic E-state index is -0.498.